The molecule has 142 valence electrons. The maximum Gasteiger partial charge on any atom is 0.191 e. The fourth-order valence-corrected chi connectivity index (χ4v) is 3.10. The van der Waals surface area contributed by atoms with Crippen molar-refractivity contribution in [3.63, 3.8) is 0 Å². The monoisotopic (exact) mass is 397 g/mol. The molecular formula is C18H25Cl2N5O. The fourth-order valence-electron chi connectivity index (χ4n) is 2.62. The predicted molar refractivity (Wildman–Crippen MR) is 107 cm³/mol. The number of nitrogens with one attached hydrogen (secondary N) is 2. The number of guanidine groups is 1. The van der Waals surface area contributed by atoms with Gasteiger partial charge in [0.1, 0.15) is 0 Å². The number of ether oxygens (including phenoxy) is 1. The fraction of sp³-hybridized carbons (Fsp3) is 0.444. The number of halogens is 2. The number of methoxy groups -OCH3 is 1. The van der Waals surface area contributed by atoms with Crippen molar-refractivity contribution in [3.05, 3.63) is 50.8 Å². The number of hydrogen-bond donors (Lipinski definition) is 2. The number of hydrogen-bond acceptors (Lipinski definition) is 3. The van der Waals surface area contributed by atoms with Crippen molar-refractivity contribution in [3.8, 4) is 0 Å². The van der Waals surface area contributed by atoms with Gasteiger partial charge in [0.05, 0.1) is 18.8 Å². The zero-order chi connectivity index (χ0) is 19.1. The Morgan fingerprint density at radius 1 is 1.23 bits per heavy atom. The molecule has 0 saturated heterocycles. The summed E-state index contributed by atoms with van der Waals surface area (Å²) in [5.74, 6) is 0.694. The van der Waals surface area contributed by atoms with Crippen LogP contribution in [0.4, 0.5) is 0 Å². The van der Waals surface area contributed by atoms with Crippen LogP contribution in [0, 0.1) is 13.8 Å². The van der Waals surface area contributed by atoms with E-state index in [1.54, 1.807) is 20.2 Å². The molecule has 1 aromatic heterocycles. The van der Waals surface area contributed by atoms with Gasteiger partial charge in [0, 0.05) is 48.5 Å². The molecule has 0 atom stereocenters. The highest BCUT2D eigenvalue weighted by molar-refractivity contribution is 6.35. The van der Waals surface area contributed by atoms with Crippen LogP contribution in [-0.4, -0.2) is 36.5 Å². The smallest absolute Gasteiger partial charge is 0.191 e. The van der Waals surface area contributed by atoms with E-state index in [0.717, 1.165) is 29.1 Å². The van der Waals surface area contributed by atoms with Crippen LogP contribution in [0.5, 0.6) is 0 Å². The third-order valence-corrected chi connectivity index (χ3v) is 4.74. The number of aromatic nitrogens is 2. The van der Waals surface area contributed by atoms with Gasteiger partial charge in [0.15, 0.2) is 5.96 Å². The van der Waals surface area contributed by atoms with Crippen molar-refractivity contribution in [2.45, 2.75) is 33.5 Å². The Balaban J connectivity index is 1.96. The number of aliphatic imine (C=N–C) groups is 1. The first-order chi connectivity index (χ1) is 12.5. The van der Waals surface area contributed by atoms with Gasteiger partial charge in [-0.25, -0.2) is 0 Å². The summed E-state index contributed by atoms with van der Waals surface area (Å²) in [6.07, 6.45) is 0. The molecule has 2 aromatic rings. The van der Waals surface area contributed by atoms with Gasteiger partial charge in [-0.15, -0.1) is 0 Å². The van der Waals surface area contributed by atoms with Crippen LogP contribution in [0.15, 0.2) is 23.2 Å². The van der Waals surface area contributed by atoms with E-state index in [9.17, 15) is 0 Å². The summed E-state index contributed by atoms with van der Waals surface area (Å²) in [5, 5.41) is 12.4. The van der Waals surface area contributed by atoms with Gasteiger partial charge in [-0.2, -0.15) is 5.10 Å². The van der Waals surface area contributed by atoms with Crippen molar-refractivity contribution in [2.24, 2.45) is 4.99 Å². The molecule has 8 heteroatoms. The van der Waals surface area contributed by atoms with Crippen LogP contribution < -0.4 is 10.6 Å². The second-order valence-corrected chi connectivity index (χ2v) is 6.72. The summed E-state index contributed by atoms with van der Waals surface area (Å²) in [4.78, 5) is 4.26. The van der Waals surface area contributed by atoms with Crippen LogP contribution >= 0.6 is 23.2 Å². The summed E-state index contributed by atoms with van der Waals surface area (Å²) in [6.45, 7) is 6.65. The van der Waals surface area contributed by atoms with Gasteiger partial charge in [0.25, 0.3) is 0 Å². The van der Waals surface area contributed by atoms with Gasteiger partial charge in [-0.1, -0.05) is 29.3 Å². The van der Waals surface area contributed by atoms with E-state index in [1.165, 1.54) is 0 Å². The van der Waals surface area contributed by atoms with E-state index in [2.05, 4.69) is 27.6 Å². The topological polar surface area (TPSA) is 63.5 Å². The molecule has 0 unspecified atom stereocenters. The number of benzene rings is 1. The van der Waals surface area contributed by atoms with Gasteiger partial charge in [-0.05, 0) is 31.5 Å². The third kappa shape index (κ3) is 5.37. The quantitative estimate of drug-likeness (QED) is 0.555. The first-order valence-electron chi connectivity index (χ1n) is 8.36. The number of rotatable bonds is 7. The van der Waals surface area contributed by atoms with Crippen LogP contribution in [0.25, 0.3) is 0 Å². The van der Waals surface area contributed by atoms with E-state index < -0.39 is 0 Å². The Labute approximate surface area is 164 Å². The molecule has 0 aliphatic rings. The number of aryl methyl sites for hydroxylation is 1. The first-order valence-corrected chi connectivity index (χ1v) is 9.12. The Morgan fingerprint density at radius 3 is 2.62 bits per heavy atom. The lowest BCUT2D eigenvalue weighted by Gasteiger charge is -2.13. The van der Waals surface area contributed by atoms with E-state index in [0.29, 0.717) is 35.7 Å². The SMILES string of the molecule is CN=C(NCc1ccc(Cl)cc1Cl)NCc1c(C)nn(CCOC)c1C. The zero-order valence-corrected chi connectivity index (χ0v) is 17.1. The molecule has 0 aliphatic carbocycles. The molecule has 26 heavy (non-hydrogen) atoms. The Bertz CT molecular complexity index is 773. The average molecular weight is 398 g/mol. The molecule has 0 saturated carbocycles. The summed E-state index contributed by atoms with van der Waals surface area (Å²) in [5.41, 5.74) is 4.25. The van der Waals surface area contributed by atoms with Crippen molar-refractivity contribution in [1.29, 1.82) is 0 Å². The second-order valence-electron chi connectivity index (χ2n) is 5.88. The van der Waals surface area contributed by atoms with Crippen LogP contribution in [0.2, 0.25) is 10.0 Å². The third-order valence-electron chi connectivity index (χ3n) is 4.16. The van der Waals surface area contributed by atoms with E-state index >= 15 is 0 Å². The van der Waals surface area contributed by atoms with Gasteiger partial charge < -0.3 is 15.4 Å². The standard InChI is InChI=1S/C18H25Cl2N5O/c1-12-16(13(2)25(24-12)7-8-26-4)11-23-18(21-3)22-10-14-5-6-15(19)9-17(14)20/h5-6,9H,7-8,10-11H2,1-4H3,(H2,21,22,23). The molecule has 0 fully saturated rings. The molecule has 0 radical (unpaired) electrons. The highest BCUT2D eigenvalue weighted by Crippen LogP contribution is 2.20. The Morgan fingerprint density at radius 2 is 1.96 bits per heavy atom. The highest BCUT2D eigenvalue weighted by atomic mass is 35.5. The molecule has 0 bridgehead atoms. The molecule has 6 nitrogen and oxygen atoms in total. The largest absolute Gasteiger partial charge is 0.383 e. The minimum absolute atomic E-state index is 0.556. The average Bonchev–Trinajstić information content (AvgIpc) is 2.88. The Hall–Kier alpha value is -1.76. The minimum atomic E-state index is 0.556. The van der Waals surface area contributed by atoms with E-state index in [4.69, 9.17) is 27.9 Å². The van der Waals surface area contributed by atoms with Crippen molar-refractivity contribution in [2.75, 3.05) is 20.8 Å². The van der Waals surface area contributed by atoms with Gasteiger partial charge in [0.2, 0.25) is 0 Å². The number of nitrogens with zero attached hydrogens (tertiary/aromatic N) is 3. The van der Waals surface area contributed by atoms with Crippen LogP contribution in [-0.2, 0) is 24.4 Å². The van der Waals surface area contributed by atoms with E-state index in [-0.39, 0.29) is 0 Å². The molecule has 2 N–H and O–H groups in total. The molecular weight excluding hydrogens is 373 g/mol. The van der Waals surface area contributed by atoms with E-state index in [1.807, 2.05) is 23.7 Å². The lowest BCUT2D eigenvalue weighted by atomic mass is 10.2. The molecule has 1 aromatic carbocycles. The van der Waals surface area contributed by atoms with Crippen molar-refractivity contribution in [1.82, 2.24) is 20.4 Å². The first kappa shape index (κ1) is 20.6. The van der Waals surface area contributed by atoms with Crippen LogP contribution in [0.1, 0.15) is 22.5 Å². The Kier molecular flexibility index (Phi) is 7.75. The minimum Gasteiger partial charge on any atom is -0.383 e. The van der Waals surface area contributed by atoms with Gasteiger partial charge in [-0.3, -0.25) is 9.67 Å². The molecule has 0 spiro atoms. The maximum absolute atomic E-state index is 6.21. The maximum atomic E-state index is 6.21. The second kappa shape index (κ2) is 9.80. The molecule has 1 heterocycles. The predicted octanol–water partition coefficient (Wildman–Crippen LogP) is 3.32. The van der Waals surface area contributed by atoms with Crippen molar-refractivity contribution >= 4 is 29.2 Å². The summed E-state index contributed by atoms with van der Waals surface area (Å²) in [6, 6.07) is 5.46. The van der Waals surface area contributed by atoms with Crippen LogP contribution in [0.3, 0.4) is 0 Å². The molecule has 2 rings (SSSR count). The molecule has 0 amide bonds. The molecule has 0 aliphatic heterocycles. The van der Waals surface area contributed by atoms with Gasteiger partial charge >= 0.3 is 0 Å². The normalized spacial score (nSPS) is 11.7. The lowest BCUT2D eigenvalue weighted by molar-refractivity contribution is 0.182. The summed E-state index contributed by atoms with van der Waals surface area (Å²) in [7, 11) is 3.43. The highest BCUT2D eigenvalue weighted by Gasteiger charge is 2.12. The summed E-state index contributed by atoms with van der Waals surface area (Å²) >= 11 is 12.1. The zero-order valence-electron chi connectivity index (χ0n) is 15.6. The lowest BCUT2D eigenvalue weighted by Crippen LogP contribution is -2.36. The summed E-state index contributed by atoms with van der Waals surface area (Å²) < 4.78 is 7.10. The van der Waals surface area contributed by atoms with Crippen molar-refractivity contribution < 1.29 is 4.74 Å².